The molecule has 7 atom stereocenters. The summed E-state index contributed by atoms with van der Waals surface area (Å²) in [5.41, 5.74) is 6.05. The van der Waals surface area contributed by atoms with Crippen molar-refractivity contribution in [2.45, 2.75) is 71.8 Å². The lowest BCUT2D eigenvalue weighted by atomic mass is 9.47. The predicted molar refractivity (Wildman–Crippen MR) is 130 cm³/mol. The maximum atomic E-state index is 12.9. The zero-order chi connectivity index (χ0) is 23.4. The Kier molecular flexibility index (Phi) is 5.53. The summed E-state index contributed by atoms with van der Waals surface area (Å²) in [6.45, 7) is 7.75. The molecule has 0 unspecified atom stereocenters. The Morgan fingerprint density at radius 3 is 2.76 bits per heavy atom. The van der Waals surface area contributed by atoms with E-state index >= 15 is 0 Å². The largest absolute Gasteiger partial charge is 0.384 e. The number of amides is 2. The molecular weight excluding hydrogens is 412 g/mol. The summed E-state index contributed by atoms with van der Waals surface area (Å²) in [6.07, 6.45) is 11.6. The molecule has 4 aliphatic rings. The highest BCUT2D eigenvalue weighted by Crippen LogP contribution is 2.66. The first-order valence-corrected chi connectivity index (χ1v) is 12.8. The van der Waals surface area contributed by atoms with Crippen LogP contribution in [0.15, 0.2) is 30.4 Å². The average molecular weight is 451 g/mol. The van der Waals surface area contributed by atoms with Gasteiger partial charge in [-0.3, -0.25) is 9.59 Å². The van der Waals surface area contributed by atoms with Gasteiger partial charge in [-0.1, -0.05) is 26.0 Å². The van der Waals surface area contributed by atoms with Crippen molar-refractivity contribution in [2.75, 3.05) is 17.6 Å². The quantitative estimate of drug-likeness (QED) is 0.700. The van der Waals surface area contributed by atoms with Crippen LogP contribution in [0.5, 0.6) is 0 Å². The summed E-state index contributed by atoms with van der Waals surface area (Å²) in [6, 6.07) is 5.66. The number of nitrogens with one attached hydrogen (secondary N) is 1. The number of fused-ring (bicyclic) bond motifs is 5. The molecule has 33 heavy (non-hydrogen) atoms. The first-order chi connectivity index (χ1) is 15.8. The van der Waals surface area contributed by atoms with Gasteiger partial charge in [0, 0.05) is 24.4 Å². The van der Waals surface area contributed by atoms with E-state index < -0.39 is 0 Å². The van der Waals surface area contributed by atoms with Crippen molar-refractivity contribution in [1.82, 2.24) is 9.88 Å². The Morgan fingerprint density at radius 2 is 2.00 bits per heavy atom. The number of anilines is 2. The van der Waals surface area contributed by atoms with Crippen LogP contribution in [0.4, 0.5) is 11.6 Å². The van der Waals surface area contributed by atoms with Crippen LogP contribution in [-0.2, 0) is 9.59 Å². The molecule has 0 aromatic carbocycles. The van der Waals surface area contributed by atoms with Crippen LogP contribution < -0.4 is 11.1 Å². The Labute approximate surface area is 197 Å². The second-order valence-corrected chi connectivity index (χ2v) is 11.3. The Morgan fingerprint density at radius 1 is 1.18 bits per heavy atom. The van der Waals surface area contributed by atoms with Gasteiger partial charge in [-0.2, -0.15) is 0 Å². The minimum Gasteiger partial charge on any atom is -0.384 e. The molecule has 178 valence electrons. The summed E-state index contributed by atoms with van der Waals surface area (Å²) in [7, 11) is 0. The number of carbonyl (C=O) groups excluding carboxylic acids is 2. The number of nitrogen functional groups attached to an aromatic ring is 1. The summed E-state index contributed by atoms with van der Waals surface area (Å²) < 4.78 is 0. The van der Waals surface area contributed by atoms with Crippen molar-refractivity contribution in [2.24, 2.45) is 34.5 Å². The second kappa shape index (κ2) is 8.14. The average Bonchev–Trinajstić information content (AvgIpc) is 3.10. The van der Waals surface area contributed by atoms with E-state index in [4.69, 9.17) is 5.73 Å². The van der Waals surface area contributed by atoms with Crippen LogP contribution in [0.3, 0.4) is 0 Å². The van der Waals surface area contributed by atoms with Crippen molar-refractivity contribution in [1.29, 1.82) is 0 Å². The number of likely N-dealkylation sites (N-methyl/N-ethyl adjacent to an activating group) is 1. The zero-order valence-corrected chi connectivity index (χ0v) is 20.2. The molecule has 0 saturated heterocycles. The molecule has 2 amide bonds. The number of nitrogens with two attached hydrogens (primary N) is 1. The Balaban J connectivity index is 1.31. The van der Waals surface area contributed by atoms with E-state index in [9.17, 15) is 9.59 Å². The van der Waals surface area contributed by atoms with Gasteiger partial charge in [0.25, 0.3) is 0 Å². The van der Waals surface area contributed by atoms with E-state index in [2.05, 4.69) is 42.0 Å². The van der Waals surface area contributed by atoms with Gasteiger partial charge in [0.2, 0.25) is 11.8 Å². The van der Waals surface area contributed by atoms with Crippen LogP contribution in [0.2, 0.25) is 0 Å². The molecule has 2 heterocycles. The fraction of sp³-hybridized carbons (Fsp3) is 0.667. The van der Waals surface area contributed by atoms with Crippen LogP contribution >= 0.6 is 0 Å². The molecule has 6 heteroatoms. The van der Waals surface area contributed by atoms with Gasteiger partial charge in [-0.25, -0.2) is 4.98 Å². The van der Waals surface area contributed by atoms with Gasteiger partial charge in [0.15, 0.2) is 0 Å². The van der Waals surface area contributed by atoms with E-state index in [0.29, 0.717) is 47.8 Å². The molecule has 0 radical (unpaired) electrons. The lowest BCUT2D eigenvalue weighted by Crippen LogP contribution is -2.60. The molecule has 6 nitrogen and oxygen atoms in total. The Bertz CT molecular complexity index is 977. The molecule has 1 aliphatic heterocycles. The summed E-state index contributed by atoms with van der Waals surface area (Å²) >= 11 is 0. The van der Waals surface area contributed by atoms with Gasteiger partial charge in [0.1, 0.15) is 11.6 Å². The third-order valence-corrected chi connectivity index (χ3v) is 9.98. The molecule has 3 fully saturated rings. The highest BCUT2D eigenvalue weighted by atomic mass is 16.2. The lowest BCUT2D eigenvalue weighted by molar-refractivity contribution is -0.141. The highest BCUT2D eigenvalue weighted by Gasteiger charge is 2.60. The van der Waals surface area contributed by atoms with Crippen LogP contribution in [-0.4, -0.2) is 34.3 Å². The molecule has 1 aromatic heterocycles. The van der Waals surface area contributed by atoms with Crippen molar-refractivity contribution in [3.8, 4) is 0 Å². The first-order valence-electron chi connectivity index (χ1n) is 12.8. The normalized spacial score (nSPS) is 39.5. The summed E-state index contributed by atoms with van der Waals surface area (Å²) in [5, 5.41) is 2.96. The van der Waals surface area contributed by atoms with Gasteiger partial charge < -0.3 is 16.0 Å². The zero-order valence-electron chi connectivity index (χ0n) is 20.2. The molecule has 5 rings (SSSR count). The minimum absolute atomic E-state index is 0.0464. The van der Waals surface area contributed by atoms with Crippen molar-refractivity contribution in [3.63, 3.8) is 0 Å². The number of nitrogens with zero attached hydrogens (tertiary/aromatic N) is 2. The van der Waals surface area contributed by atoms with E-state index in [1.54, 1.807) is 12.1 Å². The molecule has 3 N–H and O–H groups in total. The van der Waals surface area contributed by atoms with Crippen LogP contribution in [0.1, 0.15) is 65.7 Å². The third-order valence-electron chi connectivity index (χ3n) is 9.98. The fourth-order valence-corrected chi connectivity index (χ4v) is 8.36. The van der Waals surface area contributed by atoms with E-state index in [0.717, 1.165) is 19.4 Å². The second-order valence-electron chi connectivity index (χ2n) is 11.3. The Hall–Kier alpha value is -2.37. The number of carbonyl (C=O) groups is 2. The number of rotatable bonds is 4. The van der Waals surface area contributed by atoms with E-state index in [-0.39, 0.29) is 22.6 Å². The van der Waals surface area contributed by atoms with E-state index in [1.165, 1.54) is 25.7 Å². The SMILES string of the molecule is CCN1C(=O)C=C[C@]2(C)[C@H]3CC[C@]4(C)[C@@H](CC(=O)Nc5cccc(N)n5)CC[C@H]4[C@@H]3CC[C@@H]12. The van der Waals surface area contributed by atoms with Crippen molar-refractivity contribution in [3.05, 3.63) is 30.4 Å². The highest BCUT2D eigenvalue weighted by molar-refractivity contribution is 5.90. The molecule has 1 aromatic rings. The van der Waals surface area contributed by atoms with Crippen molar-refractivity contribution < 1.29 is 9.59 Å². The molecule has 0 spiro atoms. The maximum absolute atomic E-state index is 12.9. The summed E-state index contributed by atoms with van der Waals surface area (Å²) in [5.74, 6) is 3.56. The predicted octanol–water partition coefficient (Wildman–Crippen LogP) is 4.64. The standard InChI is InChI=1S/C27H38N4O2/c1-4-31-21-11-9-18-19-10-8-17(16-24(32)30-23-7-5-6-22(28)29-23)26(19,2)14-12-20(18)27(21,3)15-13-25(31)33/h5-7,13,15,17-21H,4,8-12,14,16H2,1-3H3,(H3,28,29,30,32)/t17-,18+,19+,20+,21-,26-,27-/m1/s1. The van der Waals surface area contributed by atoms with Gasteiger partial charge >= 0.3 is 0 Å². The molecular formula is C27H38N4O2. The van der Waals surface area contributed by atoms with Crippen LogP contribution in [0, 0.1) is 34.5 Å². The smallest absolute Gasteiger partial charge is 0.246 e. The third kappa shape index (κ3) is 3.57. The number of hydrogen-bond acceptors (Lipinski definition) is 4. The molecule has 3 saturated carbocycles. The fourth-order valence-electron chi connectivity index (χ4n) is 8.36. The minimum atomic E-state index is 0.0464. The number of hydrogen-bond donors (Lipinski definition) is 2. The molecule has 0 bridgehead atoms. The van der Waals surface area contributed by atoms with Gasteiger partial charge in [-0.05, 0) is 92.7 Å². The van der Waals surface area contributed by atoms with Gasteiger partial charge in [0.05, 0.1) is 0 Å². The summed E-state index contributed by atoms with van der Waals surface area (Å²) in [4.78, 5) is 31.7. The van der Waals surface area contributed by atoms with Crippen LogP contribution in [0.25, 0.3) is 0 Å². The maximum Gasteiger partial charge on any atom is 0.246 e. The van der Waals surface area contributed by atoms with E-state index in [1.807, 2.05) is 12.1 Å². The molecule has 3 aliphatic carbocycles. The monoisotopic (exact) mass is 450 g/mol. The van der Waals surface area contributed by atoms with Gasteiger partial charge in [-0.15, -0.1) is 0 Å². The number of pyridine rings is 1. The number of aromatic nitrogens is 1. The topological polar surface area (TPSA) is 88.3 Å². The first kappa shape index (κ1) is 22.4. The lowest BCUT2D eigenvalue weighted by Gasteiger charge is -2.60. The van der Waals surface area contributed by atoms with Crippen molar-refractivity contribution >= 4 is 23.5 Å².